The molecule has 0 aromatic heterocycles. The highest BCUT2D eigenvalue weighted by Gasteiger charge is 2.34. The largest absolute Gasteiger partial charge is 0.450 e. The highest BCUT2D eigenvalue weighted by molar-refractivity contribution is 7.91. The normalized spacial score (nSPS) is 13.0. The molecule has 6 N–H and O–H groups in total. The first-order valence-electron chi connectivity index (χ1n) is 17.2. The van der Waals surface area contributed by atoms with Crippen molar-refractivity contribution >= 4 is 110 Å². The molecule has 0 aliphatic carbocycles. The summed E-state index contributed by atoms with van der Waals surface area (Å²) in [5.74, 6) is -3.01. The Morgan fingerprint density at radius 3 is 1.51 bits per heavy atom. The summed E-state index contributed by atoms with van der Waals surface area (Å²) in [5, 5.41) is 9.69. The van der Waals surface area contributed by atoms with Crippen LogP contribution in [0.1, 0.15) is 25.7 Å². The molecule has 0 saturated carbocycles. The number of carbonyl (C=O) groups is 2. The third-order valence-corrected chi connectivity index (χ3v) is 13.7. The maximum atomic E-state index is 12.7. The fourth-order valence-corrected chi connectivity index (χ4v) is 9.99. The fourth-order valence-electron chi connectivity index (χ4n) is 5.74. The maximum Gasteiger partial charge on any atom is 0.300 e. The second-order valence-electron chi connectivity index (χ2n) is 12.6. The lowest BCUT2D eigenvalue weighted by molar-refractivity contribution is -0.121. The van der Waals surface area contributed by atoms with E-state index in [1.807, 2.05) is 0 Å². The number of alkyl halides is 1. The van der Waals surface area contributed by atoms with Gasteiger partial charge in [-0.2, -0.15) is 16.8 Å². The number of benzene rings is 3. The first-order valence-corrected chi connectivity index (χ1v) is 24.6. The van der Waals surface area contributed by atoms with Gasteiger partial charge in [-0.15, -0.1) is 11.6 Å². The van der Waals surface area contributed by atoms with Crippen molar-refractivity contribution in [2.45, 2.75) is 35.5 Å². The molecule has 3 aromatic rings. The molecule has 2 amide bonds. The fraction of sp³-hybridized carbons (Fsp3) is 0.375. The number of nitrogens with zero attached hydrogens (tertiary/aromatic N) is 2. The van der Waals surface area contributed by atoms with Crippen LogP contribution in [0.3, 0.4) is 0 Å². The smallest absolute Gasteiger partial charge is 0.300 e. The number of thiol groups is 1. The van der Waals surface area contributed by atoms with Gasteiger partial charge in [-0.25, -0.2) is 26.8 Å². The Morgan fingerprint density at radius 2 is 1.10 bits per heavy atom. The van der Waals surface area contributed by atoms with E-state index in [2.05, 4.69) is 31.3 Å². The van der Waals surface area contributed by atoms with Crippen molar-refractivity contribution in [1.82, 2.24) is 10.6 Å². The van der Waals surface area contributed by atoms with Gasteiger partial charge < -0.3 is 30.7 Å². The molecule has 3 aromatic carbocycles. The van der Waals surface area contributed by atoms with Gasteiger partial charge >= 0.3 is 0 Å². The minimum Gasteiger partial charge on any atom is -0.450 e. The van der Waals surface area contributed by atoms with Crippen LogP contribution in [0.4, 0.5) is 22.7 Å². The lowest BCUT2D eigenvalue weighted by Crippen LogP contribution is -2.29. The number of rotatable bonds is 20. The van der Waals surface area contributed by atoms with Crippen LogP contribution in [0.2, 0.25) is 10.0 Å². The average molecular weight is 962 g/mol. The summed E-state index contributed by atoms with van der Waals surface area (Å²) in [6.07, 6.45) is 0.0897. The predicted octanol–water partition coefficient (Wildman–Crippen LogP) is 2.48. The summed E-state index contributed by atoms with van der Waals surface area (Å²) in [7, 11) is -16.1. The highest BCUT2D eigenvalue weighted by Crippen LogP contribution is 2.48. The molecule has 59 heavy (non-hydrogen) atoms. The van der Waals surface area contributed by atoms with Crippen molar-refractivity contribution < 1.29 is 61.8 Å². The Morgan fingerprint density at radius 1 is 0.661 bits per heavy atom. The van der Waals surface area contributed by atoms with Crippen molar-refractivity contribution in [2.24, 2.45) is 9.98 Å². The molecule has 2 heterocycles. The number of ether oxygens (including phenoxy) is 2. The molecule has 0 fully saturated rings. The van der Waals surface area contributed by atoms with E-state index < -0.39 is 73.9 Å². The van der Waals surface area contributed by atoms with Gasteiger partial charge in [0.05, 0.1) is 22.9 Å². The first-order chi connectivity index (χ1) is 27.7. The van der Waals surface area contributed by atoms with E-state index in [-0.39, 0.29) is 130 Å². The van der Waals surface area contributed by atoms with Crippen LogP contribution in [-0.2, 0) is 50.4 Å². The van der Waals surface area contributed by atoms with Gasteiger partial charge in [-0.3, -0.25) is 18.7 Å². The minimum atomic E-state index is -5.04. The second-order valence-corrected chi connectivity index (χ2v) is 19.9. The SMILES string of the molecule is O=C(CCC[SH](=O)=O)NCCNc1ccc2c(c1S(=O)(=O)O)Oc1c(Cl)c3c(c(Cl)c1=N2)Oc1c(ccc(NCCNC(=O)CCCS(=O)(=O)CCCl)c1S(=O)(=O)O)N=3. The van der Waals surface area contributed by atoms with Crippen LogP contribution >= 0.6 is 34.8 Å². The van der Waals surface area contributed by atoms with Crippen LogP contribution in [0.5, 0.6) is 23.0 Å². The van der Waals surface area contributed by atoms with Gasteiger partial charge in [0.25, 0.3) is 20.2 Å². The van der Waals surface area contributed by atoms with E-state index >= 15 is 0 Å². The van der Waals surface area contributed by atoms with Crippen molar-refractivity contribution in [3.8, 4) is 23.0 Å². The quantitative estimate of drug-likeness (QED) is 0.0255. The second kappa shape index (κ2) is 19.1. The molecule has 0 radical (unpaired) electrons. The molecule has 0 spiro atoms. The van der Waals surface area contributed by atoms with Gasteiger partial charge in [0, 0.05) is 50.7 Å². The van der Waals surface area contributed by atoms with E-state index in [1.54, 1.807) is 0 Å². The Kier molecular flexibility index (Phi) is 14.9. The molecular weight excluding hydrogens is 927 g/mol. The number of hydrogen-bond acceptors (Lipinski definition) is 16. The number of fused-ring (bicyclic) bond motifs is 4. The summed E-state index contributed by atoms with van der Waals surface area (Å²) < 4.78 is 128. The predicted molar refractivity (Wildman–Crippen MR) is 217 cm³/mol. The van der Waals surface area contributed by atoms with Gasteiger partial charge in [-0.05, 0) is 37.1 Å². The van der Waals surface area contributed by atoms with E-state index in [4.69, 9.17) is 44.3 Å². The molecular formula is C32H35Cl3N6O14S4. The van der Waals surface area contributed by atoms with Crippen molar-refractivity contribution in [1.29, 1.82) is 0 Å². The number of nitrogens with one attached hydrogen (secondary N) is 4. The summed E-state index contributed by atoms with van der Waals surface area (Å²) in [6, 6.07) is 5.17. The number of carbonyl (C=O) groups excluding carboxylic acids is 2. The van der Waals surface area contributed by atoms with Gasteiger partial charge in [0.2, 0.25) is 11.8 Å². The molecule has 27 heteroatoms. The third-order valence-electron chi connectivity index (χ3n) is 8.33. The van der Waals surface area contributed by atoms with Gasteiger partial charge in [0.1, 0.15) is 42.8 Å². The number of anilines is 2. The zero-order valence-corrected chi connectivity index (χ0v) is 35.9. The molecule has 2 aliphatic rings. The molecule has 322 valence electrons. The number of amides is 2. The molecule has 0 bridgehead atoms. The summed E-state index contributed by atoms with van der Waals surface area (Å²) in [4.78, 5) is 31.5. The minimum absolute atomic E-state index is 0.00228. The van der Waals surface area contributed by atoms with E-state index in [0.29, 0.717) is 0 Å². The molecule has 5 rings (SSSR count). The van der Waals surface area contributed by atoms with Crippen LogP contribution in [-0.4, -0.2) is 104 Å². The standard InChI is InChI=1S/C32H35Cl3N6O14S4/c33-9-16-57(46,47)15-2-4-22(43)39-13-11-37-20-8-6-18-28(32(20)59(51,52)53)55-30-24(35)25-29(23(34)26(30)41-18)54-27-17(40-25)5-7-19(31(27)58(48,49)50)36-10-12-38-21(42)3-1-14-56(44)45/h5-8,36-37,56H,1-4,9-16H2,(H,38,42)(H,39,43)(H,48,49,50)(H,51,52,53). The molecule has 2 aliphatic heterocycles. The average Bonchev–Trinajstić information content (AvgIpc) is 3.14. The van der Waals surface area contributed by atoms with E-state index in [1.165, 1.54) is 24.3 Å². The molecule has 0 saturated heterocycles. The number of halogens is 3. The number of hydrogen-bond donors (Lipinski definition) is 7. The Labute approximate surface area is 354 Å². The van der Waals surface area contributed by atoms with Crippen molar-refractivity contribution in [2.75, 3.05) is 60.0 Å². The third kappa shape index (κ3) is 11.4. The summed E-state index contributed by atoms with van der Waals surface area (Å²) >= 11 is 18.9. The lowest BCUT2D eigenvalue weighted by Gasteiger charge is -2.24. The number of sulfone groups is 1. The van der Waals surface area contributed by atoms with Gasteiger partial charge in [-0.1, -0.05) is 23.2 Å². The monoisotopic (exact) mass is 960 g/mol. The zero-order valence-electron chi connectivity index (χ0n) is 30.3. The van der Waals surface area contributed by atoms with Crippen molar-refractivity contribution in [3.63, 3.8) is 0 Å². The van der Waals surface area contributed by atoms with E-state index in [0.717, 1.165) is 0 Å². The van der Waals surface area contributed by atoms with Gasteiger partial charge in [0.15, 0.2) is 42.6 Å². The van der Waals surface area contributed by atoms with E-state index in [9.17, 15) is 52.4 Å². The zero-order chi connectivity index (χ0) is 43.3. The Bertz CT molecular complexity index is 2730. The van der Waals surface area contributed by atoms with Crippen LogP contribution in [0, 0.1) is 0 Å². The van der Waals surface area contributed by atoms with Crippen LogP contribution in [0.15, 0.2) is 44.0 Å². The highest BCUT2D eigenvalue weighted by atomic mass is 35.5. The molecule has 0 atom stereocenters. The lowest BCUT2D eigenvalue weighted by atomic mass is 10.2. The topological polar surface area (TPSA) is 302 Å². The maximum absolute atomic E-state index is 12.7. The Hall–Kier alpha value is -4.01. The summed E-state index contributed by atoms with van der Waals surface area (Å²) in [6.45, 7) is -0.1000. The van der Waals surface area contributed by atoms with Crippen LogP contribution < -0.4 is 41.5 Å². The van der Waals surface area contributed by atoms with Crippen molar-refractivity contribution in [3.05, 3.63) is 45.0 Å². The molecule has 20 nitrogen and oxygen atoms in total. The van der Waals surface area contributed by atoms with Crippen LogP contribution in [0.25, 0.3) is 0 Å². The summed E-state index contributed by atoms with van der Waals surface area (Å²) in [5.41, 5.74) is -0.564. The first kappa shape index (κ1) is 46.1. The Balaban J connectivity index is 1.38. The molecule has 0 unspecified atom stereocenters.